The Kier molecular flexibility index (Phi) is 8.24. The lowest BCUT2D eigenvalue weighted by molar-refractivity contribution is -0.307. The van der Waals surface area contributed by atoms with E-state index in [1.54, 1.807) is 0 Å². The number of benzene rings is 2. The van der Waals surface area contributed by atoms with Gasteiger partial charge in [0.15, 0.2) is 17.8 Å². The molecule has 1 aromatic heterocycles. The summed E-state index contributed by atoms with van der Waals surface area (Å²) in [5.74, 6) is -0.340. The third-order valence-electron chi connectivity index (χ3n) is 7.04. The van der Waals surface area contributed by atoms with Crippen LogP contribution in [-0.2, 0) is 14.2 Å². The van der Waals surface area contributed by atoms with Crippen LogP contribution in [0.5, 0.6) is 23.0 Å². The number of phenolic OH excluding ortho intramolecular Hbond substituents is 1. The van der Waals surface area contributed by atoms with Crippen molar-refractivity contribution in [2.24, 2.45) is 0 Å². The molecule has 2 aliphatic rings. The SMILES string of the molecule is COc1cc(O)c2c(=O)c3c(OC)c(O[C@H]4O[C@@H](CO[C@@H]5OC[C@H](O)[C@H](O)[C@H]5O)[C@H](O)[C@H](O)[C@@H]4O)ccc3oc2c1. The standard InChI is InChI=1S/C26H30O15/c1-35-9-5-10(27)16-14(6-9)39-12-3-4-13(24(36-2)17(12)20(16)31)40-26-23(34)21(32)19(30)15(41-26)8-38-25-22(33)18(29)11(28)7-37-25/h3-6,11,15,18-19,21-23,25-30,32-34H,7-8H2,1-2H3/t11-,15-,18-,19-,21-,22+,23-,25-,26-/m0/s1. The number of aliphatic hydroxyl groups is 6. The molecule has 0 spiro atoms. The fourth-order valence-corrected chi connectivity index (χ4v) is 4.78. The van der Waals surface area contributed by atoms with Gasteiger partial charge in [0.05, 0.1) is 27.4 Å². The van der Waals surface area contributed by atoms with E-state index in [4.69, 9.17) is 32.8 Å². The zero-order valence-electron chi connectivity index (χ0n) is 21.8. The highest BCUT2D eigenvalue weighted by atomic mass is 16.7. The van der Waals surface area contributed by atoms with Crippen molar-refractivity contribution >= 4 is 21.9 Å². The van der Waals surface area contributed by atoms with Gasteiger partial charge in [-0.3, -0.25) is 4.79 Å². The quantitative estimate of drug-likeness (QED) is 0.154. The van der Waals surface area contributed by atoms with E-state index in [1.807, 2.05) is 0 Å². The summed E-state index contributed by atoms with van der Waals surface area (Å²) >= 11 is 0. The molecule has 3 heterocycles. The number of fused-ring (bicyclic) bond motifs is 2. The molecule has 0 radical (unpaired) electrons. The van der Waals surface area contributed by atoms with E-state index >= 15 is 0 Å². The second-order valence-corrected chi connectivity index (χ2v) is 9.64. The largest absolute Gasteiger partial charge is 0.507 e. The molecule has 2 fully saturated rings. The third-order valence-corrected chi connectivity index (χ3v) is 7.04. The van der Waals surface area contributed by atoms with Crippen molar-refractivity contribution in [1.82, 2.24) is 0 Å². The van der Waals surface area contributed by atoms with Crippen molar-refractivity contribution in [3.05, 3.63) is 34.5 Å². The molecule has 0 amide bonds. The fraction of sp³-hybridized carbons (Fsp3) is 0.500. The summed E-state index contributed by atoms with van der Waals surface area (Å²) in [6.45, 7) is -0.803. The number of aliphatic hydroxyl groups excluding tert-OH is 6. The van der Waals surface area contributed by atoms with Crippen LogP contribution in [0.15, 0.2) is 33.5 Å². The van der Waals surface area contributed by atoms with E-state index in [-0.39, 0.29) is 51.5 Å². The summed E-state index contributed by atoms with van der Waals surface area (Å²) in [6.07, 6.45) is -13.9. The van der Waals surface area contributed by atoms with Crippen molar-refractivity contribution in [2.75, 3.05) is 27.4 Å². The topological polar surface area (TPSA) is 227 Å². The number of hydrogen-bond donors (Lipinski definition) is 7. The Morgan fingerprint density at radius 2 is 1.59 bits per heavy atom. The molecule has 2 aromatic carbocycles. The third kappa shape index (κ3) is 5.27. The first-order valence-corrected chi connectivity index (χ1v) is 12.5. The predicted octanol–water partition coefficient (Wildman–Crippen LogP) is -1.69. The van der Waals surface area contributed by atoms with Crippen molar-refractivity contribution in [1.29, 1.82) is 0 Å². The first kappa shape index (κ1) is 29.2. The Bertz CT molecular complexity index is 1460. The molecule has 15 nitrogen and oxygen atoms in total. The van der Waals surface area contributed by atoms with E-state index in [9.17, 15) is 40.5 Å². The van der Waals surface area contributed by atoms with Crippen LogP contribution in [0.25, 0.3) is 21.9 Å². The Labute approximate surface area is 231 Å². The second kappa shape index (κ2) is 11.6. The van der Waals surface area contributed by atoms with E-state index in [0.29, 0.717) is 0 Å². The van der Waals surface area contributed by atoms with Crippen molar-refractivity contribution in [3.63, 3.8) is 0 Å². The normalized spacial score (nSPS) is 32.2. The molecule has 5 rings (SSSR count). The van der Waals surface area contributed by atoms with Crippen LogP contribution in [0.3, 0.4) is 0 Å². The number of phenols is 1. The number of aromatic hydroxyl groups is 1. The van der Waals surface area contributed by atoms with Gasteiger partial charge in [0.1, 0.15) is 76.2 Å². The average molecular weight is 583 g/mol. The highest BCUT2D eigenvalue weighted by molar-refractivity contribution is 5.97. The molecule has 2 aliphatic heterocycles. The van der Waals surface area contributed by atoms with Gasteiger partial charge in [-0.25, -0.2) is 0 Å². The molecule has 0 saturated carbocycles. The lowest BCUT2D eigenvalue weighted by Crippen LogP contribution is -2.61. The Morgan fingerprint density at radius 3 is 2.29 bits per heavy atom. The molecular weight excluding hydrogens is 552 g/mol. The predicted molar refractivity (Wildman–Crippen MR) is 136 cm³/mol. The summed E-state index contributed by atoms with van der Waals surface area (Å²) in [4.78, 5) is 13.4. The van der Waals surface area contributed by atoms with Crippen molar-refractivity contribution < 1.29 is 68.6 Å². The molecule has 7 N–H and O–H groups in total. The molecule has 15 heteroatoms. The lowest BCUT2D eigenvalue weighted by Gasteiger charge is -2.41. The smallest absolute Gasteiger partial charge is 0.229 e. The lowest BCUT2D eigenvalue weighted by atomic mass is 9.99. The van der Waals surface area contributed by atoms with Gasteiger partial charge < -0.3 is 68.6 Å². The summed E-state index contributed by atoms with van der Waals surface area (Å²) < 4.78 is 38.3. The first-order chi connectivity index (χ1) is 19.5. The van der Waals surface area contributed by atoms with Crippen LogP contribution in [0, 0.1) is 0 Å². The van der Waals surface area contributed by atoms with Gasteiger partial charge in [0.2, 0.25) is 11.7 Å². The minimum atomic E-state index is -1.76. The maximum atomic E-state index is 13.4. The van der Waals surface area contributed by atoms with E-state index in [2.05, 4.69) is 0 Å². The number of hydrogen-bond acceptors (Lipinski definition) is 15. The molecule has 9 atom stereocenters. The van der Waals surface area contributed by atoms with Gasteiger partial charge >= 0.3 is 0 Å². The van der Waals surface area contributed by atoms with Crippen LogP contribution in [-0.4, -0.2) is 118 Å². The molecule has 0 unspecified atom stereocenters. The van der Waals surface area contributed by atoms with Crippen LogP contribution in [0.1, 0.15) is 0 Å². The highest BCUT2D eigenvalue weighted by Crippen LogP contribution is 2.39. The monoisotopic (exact) mass is 582 g/mol. The maximum Gasteiger partial charge on any atom is 0.229 e. The van der Waals surface area contributed by atoms with Gasteiger partial charge in [0, 0.05) is 12.1 Å². The summed E-state index contributed by atoms with van der Waals surface area (Å²) in [5.41, 5.74) is -0.492. The summed E-state index contributed by atoms with van der Waals surface area (Å²) in [5, 5.41) is 71.2. The minimum Gasteiger partial charge on any atom is -0.507 e. The van der Waals surface area contributed by atoms with Gasteiger partial charge in [-0.05, 0) is 12.1 Å². The molecule has 2 saturated heterocycles. The van der Waals surface area contributed by atoms with E-state index < -0.39 is 67.3 Å². The fourth-order valence-electron chi connectivity index (χ4n) is 4.78. The number of rotatable bonds is 7. The summed E-state index contributed by atoms with van der Waals surface area (Å²) in [6, 6.07) is 5.45. The number of methoxy groups -OCH3 is 2. The Morgan fingerprint density at radius 1 is 0.854 bits per heavy atom. The zero-order valence-corrected chi connectivity index (χ0v) is 21.8. The Hall–Kier alpha value is -3.25. The number of ether oxygens (including phenoxy) is 6. The van der Waals surface area contributed by atoms with Crippen LogP contribution in [0.2, 0.25) is 0 Å². The molecule has 0 aliphatic carbocycles. The van der Waals surface area contributed by atoms with Crippen LogP contribution >= 0.6 is 0 Å². The molecule has 41 heavy (non-hydrogen) atoms. The van der Waals surface area contributed by atoms with Crippen LogP contribution in [0.4, 0.5) is 0 Å². The average Bonchev–Trinajstić information content (AvgIpc) is 2.96. The van der Waals surface area contributed by atoms with Gasteiger partial charge in [-0.15, -0.1) is 0 Å². The van der Waals surface area contributed by atoms with Gasteiger partial charge in [0.25, 0.3) is 0 Å². The van der Waals surface area contributed by atoms with Gasteiger partial charge in [-0.1, -0.05) is 0 Å². The second-order valence-electron chi connectivity index (χ2n) is 9.64. The van der Waals surface area contributed by atoms with Crippen LogP contribution < -0.4 is 19.6 Å². The van der Waals surface area contributed by atoms with Gasteiger partial charge in [-0.2, -0.15) is 0 Å². The zero-order chi connectivity index (χ0) is 29.6. The maximum absolute atomic E-state index is 13.4. The molecule has 224 valence electrons. The first-order valence-electron chi connectivity index (χ1n) is 12.5. The molecule has 3 aromatic rings. The molecule has 0 bridgehead atoms. The van der Waals surface area contributed by atoms with Crippen molar-refractivity contribution in [2.45, 2.75) is 55.3 Å². The van der Waals surface area contributed by atoms with Crippen molar-refractivity contribution in [3.8, 4) is 23.0 Å². The highest BCUT2D eigenvalue weighted by Gasteiger charge is 2.46. The Balaban J connectivity index is 1.42. The molecular formula is C26H30O15. The van der Waals surface area contributed by atoms with E-state index in [0.717, 1.165) is 0 Å². The minimum absolute atomic E-state index is 0.0650. The van der Waals surface area contributed by atoms with E-state index in [1.165, 1.54) is 38.5 Å². The summed E-state index contributed by atoms with van der Waals surface area (Å²) in [7, 11) is 2.65.